The Bertz CT molecular complexity index is 638. The summed E-state index contributed by atoms with van der Waals surface area (Å²) in [4.78, 5) is 11.9. The number of fused-ring (bicyclic) bond motifs is 3. The fourth-order valence-electron chi connectivity index (χ4n) is 2.35. The smallest absolute Gasteiger partial charge is 0.186 e. The van der Waals surface area contributed by atoms with Crippen LogP contribution < -0.4 is 5.43 Å². The van der Waals surface area contributed by atoms with Gasteiger partial charge in [0.15, 0.2) is 5.43 Å². The third-order valence-electron chi connectivity index (χ3n) is 3.14. The minimum atomic E-state index is 0.110. The molecule has 3 rings (SSSR count). The van der Waals surface area contributed by atoms with E-state index in [9.17, 15) is 4.79 Å². The van der Waals surface area contributed by atoms with E-state index in [4.69, 9.17) is 0 Å². The van der Waals surface area contributed by atoms with Crippen LogP contribution in [0.15, 0.2) is 47.3 Å². The van der Waals surface area contributed by atoms with Crippen LogP contribution in [0.1, 0.15) is 17.5 Å². The minimum Gasteiger partial charge on any atom is -0.289 e. The Morgan fingerprint density at radius 2 is 1.75 bits per heavy atom. The van der Waals surface area contributed by atoms with E-state index >= 15 is 0 Å². The maximum absolute atomic E-state index is 11.9. The molecule has 16 heavy (non-hydrogen) atoms. The molecule has 2 aromatic carbocycles. The zero-order valence-electron chi connectivity index (χ0n) is 8.94. The van der Waals surface area contributed by atoms with Gasteiger partial charge in [-0.3, -0.25) is 4.79 Å². The second-order valence-corrected chi connectivity index (χ2v) is 4.12. The topological polar surface area (TPSA) is 17.1 Å². The van der Waals surface area contributed by atoms with E-state index < -0.39 is 0 Å². The van der Waals surface area contributed by atoms with Gasteiger partial charge in [-0.1, -0.05) is 42.5 Å². The van der Waals surface area contributed by atoms with E-state index in [-0.39, 0.29) is 5.43 Å². The van der Waals surface area contributed by atoms with E-state index in [0.29, 0.717) is 0 Å². The summed E-state index contributed by atoms with van der Waals surface area (Å²) in [6, 6.07) is 11.5. The molecule has 0 saturated heterocycles. The van der Waals surface area contributed by atoms with Gasteiger partial charge in [0.05, 0.1) is 0 Å². The average Bonchev–Trinajstić information content (AvgIpc) is 2.49. The first-order chi connectivity index (χ1) is 7.86. The molecule has 0 spiro atoms. The van der Waals surface area contributed by atoms with Gasteiger partial charge in [-0.25, -0.2) is 0 Å². The molecule has 0 heterocycles. The summed E-state index contributed by atoms with van der Waals surface area (Å²) in [5.41, 5.74) is 2.60. The van der Waals surface area contributed by atoms with Crippen molar-refractivity contribution in [2.24, 2.45) is 0 Å². The second-order valence-electron chi connectivity index (χ2n) is 4.12. The Balaban J connectivity index is 2.56. The zero-order chi connectivity index (χ0) is 11.0. The molecule has 1 aliphatic rings. The highest BCUT2D eigenvalue weighted by molar-refractivity contribution is 5.87. The van der Waals surface area contributed by atoms with Gasteiger partial charge >= 0.3 is 0 Å². The Kier molecular flexibility index (Phi) is 2.10. The third-order valence-corrected chi connectivity index (χ3v) is 3.14. The van der Waals surface area contributed by atoms with Crippen LogP contribution in [0.4, 0.5) is 0 Å². The molecule has 0 N–H and O–H groups in total. The van der Waals surface area contributed by atoms with Crippen molar-refractivity contribution >= 4 is 16.8 Å². The van der Waals surface area contributed by atoms with Crippen LogP contribution in [0.25, 0.3) is 16.8 Å². The first-order valence-electron chi connectivity index (χ1n) is 5.58. The molecule has 78 valence electrons. The van der Waals surface area contributed by atoms with E-state index in [2.05, 4.69) is 18.2 Å². The zero-order valence-corrected chi connectivity index (χ0v) is 8.94. The van der Waals surface area contributed by atoms with Gasteiger partial charge in [0, 0.05) is 5.39 Å². The van der Waals surface area contributed by atoms with Gasteiger partial charge in [-0.05, 0) is 35.4 Å². The van der Waals surface area contributed by atoms with Crippen LogP contribution >= 0.6 is 0 Å². The summed E-state index contributed by atoms with van der Waals surface area (Å²) < 4.78 is 0. The predicted octanol–water partition coefficient (Wildman–Crippen LogP) is 3.16. The lowest BCUT2D eigenvalue weighted by Crippen LogP contribution is -1.95. The normalized spacial score (nSPS) is 13.8. The van der Waals surface area contributed by atoms with Gasteiger partial charge in [-0.15, -0.1) is 0 Å². The summed E-state index contributed by atoms with van der Waals surface area (Å²) in [5, 5.41) is 1.94. The Morgan fingerprint density at radius 3 is 2.62 bits per heavy atom. The van der Waals surface area contributed by atoms with E-state index in [1.165, 1.54) is 11.1 Å². The molecule has 0 saturated carbocycles. The van der Waals surface area contributed by atoms with Crippen LogP contribution in [0.3, 0.4) is 0 Å². The molecule has 0 aliphatic heterocycles. The van der Waals surface area contributed by atoms with Crippen LogP contribution in [0, 0.1) is 0 Å². The van der Waals surface area contributed by atoms with Crippen LogP contribution in [0.5, 0.6) is 0 Å². The number of hydrogen-bond donors (Lipinski definition) is 0. The number of aryl methyl sites for hydroxylation is 1. The van der Waals surface area contributed by atoms with Gasteiger partial charge in [0.25, 0.3) is 0 Å². The van der Waals surface area contributed by atoms with Gasteiger partial charge in [0.1, 0.15) is 0 Å². The predicted molar refractivity (Wildman–Crippen MR) is 67.6 cm³/mol. The van der Waals surface area contributed by atoms with Crippen molar-refractivity contribution < 1.29 is 0 Å². The highest BCUT2D eigenvalue weighted by atomic mass is 16.1. The molecule has 2 aromatic rings. The molecule has 0 amide bonds. The number of hydrogen-bond acceptors (Lipinski definition) is 1. The van der Waals surface area contributed by atoms with Crippen molar-refractivity contribution in [2.75, 3.05) is 0 Å². The van der Waals surface area contributed by atoms with Gasteiger partial charge in [-0.2, -0.15) is 0 Å². The lowest BCUT2D eigenvalue weighted by Gasteiger charge is -2.08. The third kappa shape index (κ3) is 1.36. The summed E-state index contributed by atoms with van der Waals surface area (Å²) >= 11 is 0. The highest BCUT2D eigenvalue weighted by Crippen LogP contribution is 2.24. The summed E-state index contributed by atoms with van der Waals surface area (Å²) in [5.74, 6) is 0. The number of allylic oxidation sites excluding steroid dienone is 1. The van der Waals surface area contributed by atoms with E-state index in [1.54, 1.807) is 6.07 Å². The quantitative estimate of drug-likeness (QED) is 0.650. The molecule has 0 aromatic heterocycles. The summed E-state index contributed by atoms with van der Waals surface area (Å²) in [6.45, 7) is 0. The summed E-state index contributed by atoms with van der Waals surface area (Å²) in [6.07, 6.45) is 6.38. The molecule has 1 nitrogen and oxygen atoms in total. The molecule has 0 unspecified atom stereocenters. The standard InChI is InChI=1S/C15H12O/c16-15-10-9-11-5-1-2-6-12(11)13-7-3-4-8-14(13)15/h1,3-5,7-10H,2,6H2. The monoisotopic (exact) mass is 208 g/mol. The van der Waals surface area contributed by atoms with Crippen LogP contribution in [-0.4, -0.2) is 0 Å². The van der Waals surface area contributed by atoms with Crippen LogP contribution in [-0.2, 0) is 6.42 Å². The Labute approximate surface area is 94.0 Å². The van der Waals surface area contributed by atoms with E-state index in [1.807, 2.05) is 24.3 Å². The second kappa shape index (κ2) is 3.60. The van der Waals surface area contributed by atoms with Crippen molar-refractivity contribution in [3.63, 3.8) is 0 Å². The highest BCUT2D eigenvalue weighted by Gasteiger charge is 2.08. The molecule has 0 bridgehead atoms. The Morgan fingerprint density at radius 1 is 0.938 bits per heavy atom. The Hall–Kier alpha value is -1.89. The molecule has 0 radical (unpaired) electrons. The largest absolute Gasteiger partial charge is 0.289 e. The number of benzene rings is 1. The van der Waals surface area contributed by atoms with Crippen molar-refractivity contribution in [1.29, 1.82) is 0 Å². The number of rotatable bonds is 0. The van der Waals surface area contributed by atoms with E-state index in [0.717, 1.165) is 23.6 Å². The van der Waals surface area contributed by atoms with Gasteiger partial charge in [0.2, 0.25) is 0 Å². The lowest BCUT2D eigenvalue weighted by molar-refractivity contribution is 0.999. The van der Waals surface area contributed by atoms with Crippen molar-refractivity contribution in [1.82, 2.24) is 0 Å². The van der Waals surface area contributed by atoms with Crippen LogP contribution in [0.2, 0.25) is 0 Å². The molecule has 1 heteroatoms. The first kappa shape index (κ1) is 9.34. The summed E-state index contributed by atoms with van der Waals surface area (Å²) in [7, 11) is 0. The average molecular weight is 208 g/mol. The van der Waals surface area contributed by atoms with Crippen molar-refractivity contribution in [3.05, 3.63) is 63.8 Å². The molecular weight excluding hydrogens is 196 g/mol. The van der Waals surface area contributed by atoms with Crippen molar-refractivity contribution in [2.45, 2.75) is 12.8 Å². The lowest BCUT2D eigenvalue weighted by atomic mass is 9.96. The molecule has 0 fully saturated rings. The van der Waals surface area contributed by atoms with Gasteiger partial charge < -0.3 is 0 Å². The minimum absolute atomic E-state index is 0.110. The maximum Gasteiger partial charge on any atom is 0.186 e. The van der Waals surface area contributed by atoms with Crippen molar-refractivity contribution in [3.8, 4) is 0 Å². The maximum atomic E-state index is 11.9. The molecular formula is C15H12O. The SMILES string of the molecule is O=c1ccc2c(c3ccccc13)CCC=C2. The first-order valence-corrected chi connectivity index (χ1v) is 5.58. The fourth-order valence-corrected chi connectivity index (χ4v) is 2.35. The molecule has 1 aliphatic carbocycles. The molecule has 0 atom stereocenters. The fraction of sp³-hybridized carbons (Fsp3) is 0.133.